The molecule has 2 rings (SSSR count). The number of amides is 1. The van der Waals surface area contributed by atoms with Gasteiger partial charge in [-0.25, -0.2) is 0 Å². The summed E-state index contributed by atoms with van der Waals surface area (Å²) < 4.78 is 10.8. The van der Waals surface area contributed by atoms with Gasteiger partial charge >= 0.3 is 0 Å². The summed E-state index contributed by atoms with van der Waals surface area (Å²) in [4.78, 5) is 11.0. The van der Waals surface area contributed by atoms with Crippen LogP contribution in [-0.4, -0.2) is 32.3 Å². The van der Waals surface area contributed by atoms with Crippen molar-refractivity contribution in [2.45, 2.75) is 45.1 Å². The lowest BCUT2D eigenvalue weighted by atomic mass is 9.57. The number of methoxy groups -OCH3 is 1. The van der Waals surface area contributed by atoms with Crippen molar-refractivity contribution in [3.63, 3.8) is 0 Å². The molecule has 0 saturated heterocycles. The van der Waals surface area contributed by atoms with Gasteiger partial charge in [0.15, 0.2) is 0 Å². The van der Waals surface area contributed by atoms with E-state index in [0.717, 1.165) is 37.7 Å². The lowest BCUT2D eigenvalue weighted by molar-refractivity contribution is -0.114. The second-order valence-corrected chi connectivity index (χ2v) is 7.60. The van der Waals surface area contributed by atoms with Crippen LogP contribution in [0, 0.1) is 5.41 Å². The van der Waals surface area contributed by atoms with Gasteiger partial charge in [-0.2, -0.15) is 0 Å². The van der Waals surface area contributed by atoms with E-state index in [2.05, 4.69) is 19.2 Å². The normalized spacial score (nSPS) is 18.1. The molecule has 0 unspecified atom stereocenters. The molecule has 0 heterocycles. The standard InChI is InChI=1S/C18H26ClNO3/c1-17(2)11-18(12-17,20-13-21)10-14-5-6-15(19)16(9-14)23-8-4-7-22-3/h5-6,9,13H,4,7-8,10-12H2,1-3H3,(H,20,21). The maximum absolute atomic E-state index is 11.0. The first-order valence-electron chi connectivity index (χ1n) is 8.01. The van der Waals surface area contributed by atoms with Crippen LogP contribution in [0.2, 0.25) is 5.02 Å². The minimum Gasteiger partial charge on any atom is -0.492 e. The molecule has 1 aliphatic carbocycles. The summed E-state index contributed by atoms with van der Waals surface area (Å²) in [6.45, 7) is 5.69. The molecule has 1 amide bonds. The molecule has 0 aromatic heterocycles. The Bertz CT molecular complexity index is 537. The van der Waals surface area contributed by atoms with Gasteiger partial charge in [-0.3, -0.25) is 4.79 Å². The van der Waals surface area contributed by atoms with E-state index in [1.807, 2.05) is 18.2 Å². The maximum atomic E-state index is 11.0. The Morgan fingerprint density at radius 1 is 1.30 bits per heavy atom. The highest BCUT2D eigenvalue weighted by atomic mass is 35.5. The minimum atomic E-state index is -0.146. The minimum absolute atomic E-state index is 0.146. The molecule has 128 valence electrons. The number of hydrogen-bond donors (Lipinski definition) is 1. The summed E-state index contributed by atoms with van der Waals surface area (Å²) >= 11 is 6.21. The van der Waals surface area contributed by atoms with E-state index in [-0.39, 0.29) is 11.0 Å². The molecule has 1 aromatic carbocycles. The summed E-state index contributed by atoms with van der Waals surface area (Å²) in [5.41, 5.74) is 1.26. The van der Waals surface area contributed by atoms with Crippen LogP contribution in [-0.2, 0) is 16.0 Å². The van der Waals surface area contributed by atoms with Crippen molar-refractivity contribution in [1.82, 2.24) is 5.32 Å². The Hall–Kier alpha value is -1.26. The number of nitrogens with one attached hydrogen (secondary N) is 1. The quantitative estimate of drug-likeness (QED) is 0.552. The van der Waals surface area contributed by atoms with Crippen LogP contribution in [0.4, 0.5) is 0 Å². The summed E-state index contributed by atoms with van der Waals surface area (Å²) in [7, 11) is 1.67. The fourth-order valence-corrected chi connectivity index (χ4v) is 3.90. The summed E-state index contributed by atoms with van der Waals surface area (Å²) in [5.74, 6) is 0.695. The van der Waals surface area contributed by atoms with Crippen LogP contribution >= 0.6 is 11.6 Å². The molecular weight excluding hydrogens is 314 g/mol. The van der Waals surface area contributed by atoms with E-state index >= 15 is 0 Å². The maximum Gasteiger partial charge on any atom is 0.207 e. The molecule has 1 saturated carbocycles. The van der Waals surface area contributed by atoms with Crippen molar-refractivity contribution in [1.29, 1.82) is 0 Å². The first kappa shape index (κ1) is 18.1. The van der Waals surface area contributed by atoms with Crippen LogP contribution in [0.25, 0.3) is 0 Å². The van der Waals surface area contributed by atoms with Crippen molar-refractivity contribution in [2.24, 2.45) is 5.41 Å². The first-order valence-corrected chi connectivity index (χ1v) is 8.39. The van der Waals surface area contributed by atoms with Gasteiger partial charge in [-0.05, 0) is 42.4 Å². The van der Waals surface area contributed by atoms with Crippen LogP contribution in [0.1, 0.15) is 38.7 Å². The van der Waals surface area contributed by atoms with E-state index < -0.39 is 0 Å². The van der Waals surface area contributed by atoms with Gasteiger partial charge < -0.3 is 14.8 Å². The average Bonchev–Trinajstić information content (AvgIpc) is 2.45. The Morgan fingerprint density at radius 2 is 2.04 bits per heavy atom. The summed E-state index contributed by atoms with van der Waals surface area (Å²) in [6, 6.07) is 5.85. The Balaban J connectivity index is 2.03. The molecule has 0 bridgehead atoms. The van der Waals surface area contributed by atoms with E-state index in [0.29, 0.717) is 24.0 Å². The predicted molar refractivity (Wildman–Crippen MR) is 92.1 cm³/mol. The van der Waals surface area contributed by atoms with E-state index in [9.17, 15) is 4.79 Å². The molecule has 0 aliphatic heterocycles. The van der Waals surface area contributed by atoms with Gasteiger partial charge in [-0.1, -0.05) is 31.5 Å². The van der Waals surface area contributed by atoms with Gasteiger partial charge in [0.2, 0.25) is 6.41 Å². The number of halogens is 1. The molecule has 5 heteroatoms. The summed E-state index contributed by atoms with van der Waals surface area (Å²) in [6.07, 6.45) is 4.38. The SMILES string of the molecule is COCCCOc1cc(CC2(NC=O)CC(C)(C)C2)ccc1Cl. The Morgan fingerprint density at radius 3 is 2.65 bits per heavy atom. The van der Waals surface area contributed by atoms with Crippen LogP contribution in [0.3, 0.4) is 0 Å². The Labute approximate surface area is 143 Å². The van der Waals surface area contributed by atoms with Gasteiger partial charge in [0.25, 0.3) is 0 Å². The van der Waals surface area contributed by atoms with Crippen LogP contribution in [0.5, 0.6) is 5.75 Å². The monoisotopic (exact) mass is 339 g/mol. The second kappa shape index (κ2) is 7.54. The van der Waals surface area contributed by atoms with Gasteiger partial charge in [-0.15, -0.1) is 0 Å². The highest BCUT2D eigenvalue weighted by molar-refractivity contribution is 6.32. The molecule has 0 spiro atoms. The molecule has 0 atom stereocenters. The molecule has 23 heavy (non-hydrogen) atoms. The van der Waals surface area contributed by atoms with Gasteiger partial charge in [0, 0.05) is 25.7 Å². The zero-order valence-electron chi connectivity index (χ0n) is 14.2. The van der Waals surface area contributed by atoms with Gasteiger partial charge in [0.1, 0.15) is 5.75 Å². The summed E-state index contributed by atoms with van der Waals surface area (Å²) in [5, 5.41) is 3.63. The zero-order chi connectivity index (χ0) is 16.9. The highest BCUT2D eigenvalue weighted by Crippen LogP contribution is 2.49. The third kappa shape index (κ3) is 4.85. The topological polar surface area (TPSA) is 47.6 Å². The van der Waals surface area contributed by atoms with Crippen molar-refractivity contribution < 1.29 is 14.3 Å². The van der Waals surface area contributed by atoms with Crippen molar-refractivity contribution >= 4 is 18.0 Å². The second-order valence-electron chi connectivity index (χ2n) is 7.20. The predicted octanol–water partition coefficient (Wildman–Crippen LogP) is 3.60. The lowest BCUT2D eigenvalue weighted by Crippen LogP contribution is -2.59. The molecule has 1 aromatic rings. The number of ether oxygens (including phenoxy) is 2. The number of benzene rings is 1. The largest absolute Gasteiger partial charge is 0.492 e. The third-order valence-electron chi connectivity index (χ3n) is 4.29. The first-order chi connectivity index (χ1) is 10.9. The highest BCUT2D eigenvalue weighted by Gasteiger charge is 2.48. The molecular formula is C18H26ClNO3. The zero-order valence-corrected chi connectivity index (χ0v) is 14.9. The Kier molecular flexibility index (Phi) is 5.93. The molecule has 0 radical (unpaired) electrons. The van der Waals surface area contributed by atoms with E-state index in [4.69, 9.17) is 21.1 Å². The van der Waals surface area contributed by atoms with E-state index in [1.54, 1.807) is 7.11 Å². The number of hydrogen-bond acceptors (Lipinski definition) is 3. The molecule has 1 aliphatic rings. The van der Waals surface area contributed by atoms with Crippen molar-refractivity contribution in [2.75, 3.05) is 20.3 Å². The fourth-order valence-electron chi connectivity index (χ4n) is 3.73. The lowest BCUT2D eigenvalue weighted by Gasteiger charge is -2.53. The number of carbonyl (C=O) groups excluding carboxylic acids is 1. The molecule has 4 nitrogen and oxygen atoms in total. The van der Waals surface area contributed by atoms with Crippen LogP contribution < -0.4 is 10.1 Å². The van der Waals surface area contributed by atoms with Crippen LogP contribution in [0.15, 0.2) is 18.2 Å². The van der Waals surface area contributed by atoms with Gasteiger partial charge in [0.05, 0.1) is 11.6 Å². The molecule has 1 fully saturated rings. The van der Waals surface area contributed by atoms with Crippen molar-refractivity contribution in [3.05, 3.63) is 28.8 Å². The fraction of sp³-hybridized carbons (Fsp3) is 0.611. The molecule has 1 N–H and O–H groups in total. The smallest absolute Gasteiger partial charge is 0.207 e. The van der Waals surface area contributed by atoms with E-state index in [1.165, 1.54) is 0 Å². The number of carbonyl (C=O) groups is 1. The third-order valence-corrected chi connectivity index (χ3v) is 4.60. The number of rotatable bonds is 9. The average molecular weight is 340 g/mol. The van der Waals surface area contributed by atoms with Crippen molar-refractivity contribution in [3.8, 4) is 5.75 Å².